The second kappa shape index (κ2) is 12.2. The van der Waals surface area contributed by atoms with Gasteiger partial charge in [0.05, 0.1) is 37.1 Å². The van der Waals surface area contributed by atoms with Gasteiger partial charge >= 0.3 is 12.1 Å². The summed E-state index contributed by atoms with van der Waals surface area (Å²) < 4.78 is 47.8. The summed E-state index contributed by atoms with van der Waals surface area (Å²) in [4.78, 5) is 26.1. The quantitative estimate of drug-likeness (QED) is 0.431. The number of aromatic nitrogens is 1. The number of nitrogens with zero attached hydrogens (tertiary/aromatic N) is 2. The first-order valence-electron chi connectivity index (χ1n) is 10.9. The summed E-state index contributed by atoms with van der Waals surface area (Å²) in [5.74, 6) is -2.74. The first-order valence-corrected chi connectivity index (χ1v) is 10.9. The molecule has 2 aromatic carbocycles. The van der Waals surface area contributed by atoms with Gasteiger partial charge in [0.1, 0.15) is 18.3 Å². The molecule has 0 saturated heterocycles. The zero-order valence-corrected chi connectivity index (χ0v) is 19.5. The van der Waals surface area contributed by atoms with Gasteiger partial charge in [-0.1, -0.05) is 0 Å². The molecule has 0 spiro atoms. The number of carbonyl (C=O) groups excluding carboxylic acids is 1. The minimum absolute atomic E-state index is 0.145. The lowest BCUT2D eigenvalue weighted by Gasteiger charge is -2.13. The summed E-state index contributed by atoms with van der Waals surface area (Å²) >= 11 is 0. The van der Waals surface area contributed by atoms with Crippen molar-refractivity contribution in [1.82, 2.24) is 4.98 Å². The van der Waals surface area contributed by atoms with Crippen molar-refractivity contribution in [3.8, 4) is 11.8 Å². The topological polar surface area (TPSA) is 131 Å². The Morgan fingerprint density at radius 2 is 1.86 bits per heavy atom. The number of carboxylic acid groups (broad SMARTS) is 1. The standard InChI is InChI=1S/C23H21N3O4.C2HF3O2/c1-28-8-9-29-10-11-30-17-3-4-18-16(13-17)6-7-25-22(18)21-19-12-15(14-24)2-5-20(19)26-23(21)27;3-2(4,5)1(6)7/h2-7,12-13,21H,8-11H2,1H3,(H,26,27);(H,6,7). The summed E-state index contributed by atoms with van der Waals surface area (Å²) in [6, 6.07) is 14.9. The van der Waals surface area contributed by atoms with Gasteiger partial charge in [-0.15, -0.1) is 0 Å². The van der Waals surface area contributed by atoms with E-state index < -0.39 is 18.1 Å². The largest absolute Gasteiger partial charge is 0.491 e. The van der Waals surface area contributed by atoms with Crippen molar-refractivity contribution in [3.05, 3.63) is 65.5 Å². The van der Waals surface area contributed by atoms with Crippen molar-refractivity contribution in [2.75, 3.05) is 38.9 Å². The molecule has 12 heteroatoms. The average Bonchev–Trinajstić information content (AvgIpc) is 3.20. The number of hydrogen-bond acceptors (Lipinski definition) is 7. The number of carbonyl (C=O) groups is 2. The number of methoxy groups -OCH3 is 1. The van der Waals surface area contributed by atoms with E-state index in [2.05, 4.69) is 16.4 Å². The minimum atomic E-state index is -5.08. The first-order chi connectivity index (χ1) is 17.7. The monoisotopic (exact) mass is 517 g/mol. The molecule has 2 N–H and O–H groups in total. The van der Waals surface area contributed by atoms with Crippen molar-refractivity contribution < 1.29 is 42.1 Å². The number of nitrogens with one attached hydrogen (secondary N) is 1. The predicted molar refractivity (Wildman–Crippen MR) is 125 cm³/mol. The van der Waals surface area contributed by atoms with E-state index in [1.54, 1.807) is 31.5 Å². The van der Waals surface area contributed by atoms with Gasteiger partial charge in [-0.2, -0.15) is 18.4 Å². The molecule has 0 radical (unpaired) electrons. The van der Waals surface area contributed by atoms with Crippen LogP contribution in [0.15, 0.2) is 48.7 Å². The molecule has 3 aromatic rings. The zero-order valence-electron chi connectivity index (χ0n) is 19.5. The minimum Gasteiger partial charge on any atom is -0.491 e. The van der Waals surface area contributed by atoms with E-state index >= 15 is 0 Å². The van der Waals surface area contributed by atoms with Crippen molar-refractivity contribution >= 4 is 28.3 Å². The summed E-state index contributed by atoms with van der Waals surface area (Å²) in [6.07, 6.45) is -3.39. The van der Waals surface area contributed by atoms with Crippen LogP contribution >= 0.6 is 0 Å². The van der Waals surface area contributed by atoms with E-state index in [0.29, 0.717) is 37.7 Å². The fourth-order valence-corrected chi connectivity index (χ4v) is 3.56. The van der Waals surface area contributed by atoms with Gasteiger partial charge in [0, 0.05) is 24.4 Å². The van der Waals surface area contributed by atoms with Crippen LogP contribution in [0.4, 0.5) is 18.9 Å². The number of ether oxygens (including phenoxy) is 3. The molecule has 1 aliphatic rings. The highest BCUT2D eigenvalue weighted by Gasteiger charge is 2.38. The average molecular weight is 517 g/mol. The van der Waals surface area contributed by atoms with Crippen LogP contribution in [0.5, 0.6) is 5.75 Å². The maximum Gasteiger partial charge on any atom is 0.490 e. The maximum absolute atomic E-state index is 12.7. The lowest BCUT2D eigenvalue weighted by Crippen LogP contribution is -2.21. The van der Waals surface area contributed by atoms with E-state index in [1.165, 1.54) is 0 Å². The maximum atomic E-state index is 12.7. The smallest absolute Gasteiger partial charge is 0.490 e. The van der Waals surface area contributed by atoms with E-state index in [0.717, 1.165) is 27.8 Å². The van der Waals surface area contributed by atoms with Gasteiger partial charge in [-0.05, 0) is 53.4 Å². The van der Waals surface area contributed by atoms with E-state index in [4.69, 9.17) is 24.1 Å². The molecule has 0 bridgehead atoms. The summed E-state index contributed by atoms with van der Waals surface area (Å²) in [7, 11) is 1.63. The molecule has 1 amide bonds. The van der Waals surface area contributed by atoms with Crippen LogP contribution in [-0.4, -0.2) is 61.7 Å². The highest BCUT2D eigenvalue weighted by atomic mass is 19.4. The number of amides is 1. The van der Waals surface area contributed by atoms with Gasteiger partial charge in [0.25, 0.3) is 0 Å². The van der Waals surface area contributed by atoms with Crippen LogP contribution in [0.3, 0.4) is 0 Å². The van der Waals surface area contributed by atoms with Crippen LogP contribution in [0.1, 0.15) is 22.7 Å². The molecule has 1 aromatic heterocycles. The molecule has 0 aliphatic carbocycles. The number of rotatable bonds is 8. The Hall–Kier alpha value is -4.21. The van der Waals surface area contributed by atoms with E-state index in [-0.39, 0.29) is 5.91 Å². The summed E-state index contributed by atoms with van der Waals surface area (Å²) in [5, 5.41) is 21.0. The molecule has 37 heavy (non-hydrogen) atoms. The molecule has 4 rings (SSSR count). The van der Waals surface area contributed by atoms with Crippen LogP contribution in [0, 0.1) is 11.3 Å². The number of aliphatic carboxylic acids is 1. The SMILES string of the molecule is COCCOCCOc1ccc2c(C3C(=O)Nc4ccc(C#N)cc43)nccc2c1.O=C(O)C(F)(F)F. The van der Waals surface area contributed by atoms with Crippen LogP contribution in [-0.2, 0) is 19.1 Å². The summed E-state index contributed by atoms with van der Waals surface area (Å²) in [6.45, 7) is 2.00. The van der Waals surface area contributed by atoms with Crippen molar-refractivity contribution in [2.45, 2.75) is 12.1 Å². The van der Waals surface area contributed by atoms with Gasteiger partial charge in [-0.3, -0.25) is 9.78 Å². The molecule has 1 unspecified atom stereocenters. The lowest BCUT2D eigenvalue weighted by atomic mass is 9.92. The zero-order chi connectivity index (χ0) is 27.0. The third-order valence-electron chi connectivity index (χ3n) is 5.22. The van der Waals surface area contributed by atoms with Gasteiger partial charge in [-0.25, -0.2) is 4.79 Å². The Kier molecular flexibility index (Phi) is 9.00. The van der Waals surface area contributed by atoms with Gasteiger partial charge in [0.15, 0.2) is 0 Å². The molecule has 1 atom stereocenters. The van der Waals surface area contributed by atoms with Crippen LogP contribution < -0.4 is 10.1 Å². The summed E-state index contributed by atoms with van der Waals surface area (Å²) in [5.41, 5.74) is 2.66. The fraction of sp³-hybridized carbons (Fsp3) is 0.280. The van der Waals surface area contributed by atoms with E-state index in [1.807, 2.05) is 24.3 Å². The van der Waals surface area contributed by atoms with Crippen molar-refractivity contribution in [1.29, 1.82) is 5.26 Å². The number of fused-ring (bicyclic) bond motifs is 2. The second-order valence-corrected chi connectivity index (χ2v) is 7.67. The molecule has 0 saturated carbocycles. The normalized spacial score (nSPS) is 14.2. The molecular formula is C25H22F3N3O6. The fourth-order valence-electron chi connectivity index (χ4n) is 3.56. The lowest BCUT2D eigenvalue weighted by molar-refractivity contribution is -0.192. The van der Waals surface area contributed by atoms with Crippen molar-refractivity contribution in [3.63, 3.8) is 0 Å². The molecular weight excluding hydrogens is 495 g/mol. The van der Waals surface area contributed by atoms with Gasteiger partial charge < -0.3 is 24.6 Å². The highest BCUT2D eigenvalue weighted by molar-refractivity contribution is 6.07. The number of hydrogen-bond donors (Lipinski definition) is 2. The Labute approximate surface area is 209 Å². The third-order valence-corrected chi connectivity index (χ3v) is 5.22. The molecule has 9 nitrogen and oxygen atoms in total. The molecule has 2 heterocycles. The number of pyridine rings is 1. The van der Waals surface area contributed by atoms with E-state index in [9.17, 15) is 23.2 Å². The number of halogens is 3. The number of alkyl halides is 3. The Balaban J connectivity index is 0.000000479. The molecule has 1 aliphatic heterocycles. The Bertz CT molecular complexity index is 1320. The number of carboxylic acids is 1. The highest BCUT2D eigenvalue weighted by Crippen LogP contribution is 2.39. The molecule has 0 fully saturated rings. The number of anilines is 1. The molecule has 194 valence electrons. The van der Waals surface area contributed by atoms with Crippen LogP contribution in [0.2, 0.25) is 0 Å². The van der Waals surface area contributed by atoms with Gasteiger partial charge in [0.2, 0.25) is 5.91 Å². The Morgan fingerprint density at radius 3 is 2.54 bits per heavy atom. The number of benzene rings is 2. The predicted octanol–water partition coefficient (Wildman–Crippen LogP) is 3.87. The first kappa shape index (κ1) is 27.4. The third kappa shape index (κ3) is 6.93. The van der Waals surface area contributed by atoms with Crippen molar-refractivity contribution in [2.24, 2.45) is 0 Å². The Morgan fingerprint density at radius 1 is 1.14 bits per heavy atom. The number of nitriles is 1. The second-order valence-electron chi connectivity index (χ2n) is 7.67. The van der Waals surface area contributed by atoms with Crippen LogP contribution in [0.25, 0.3) is 10.8 Å².